The molecule has 1 saturated carbocycles. The Morgan fingerprint density at radius 2 is 2.00 bits per heavy atom. The molecule has 0 amide bonds. The van der Waals surface area contributed by atoms with Gasteiger partial charge in [0.25, 0.3) is 0 Å². The van der Waals surface area contributed by atoms with Gasteiger partial charge in [-0.15, -0.1) is 5.10 Å². The summed E-state index contributed by atoms with van der Waals surface area (Å²) in [6, 6.07) is 4.99. The van der Waals surface area contributed by atoms with Crippen molar-refractivity contribution in [3.63, 3.8) is 0 Å². The molecule has 1 heterocycles. The van der Waals surface area contributed by atoms with E-state index in [0.29, 0.717) is 11.3 Å². The highest BCUT2D eigenvalue weighted by Gasteiger charge is 2.66. The van der Waals surface area contributed by atoms with Crippen molar-refractivity contribution in [2.24, 2.45) is 0 Å². The minimum atomic E-state index is -4.37. The number of anilines is 1. The first-order chi connectivity index (χ1) is 9.35. The Hall–Kier alpha value is -2.12. The van der Waals surface area contributed by atoms with Crippen molar-refractivity contribution in [3.05, 3.63) is 23.8 Å². The molecule has 0 saturated heterocycles. The molecule has 8 heteroatoms. The van der Waals surface area contributed by atoms with Crippen LogP contribution in [0.4, 0.5) is 18.9 Å². The Labute approximate surface area is 112 Å². The lowest BCUT2D eigenvalue weighted by atomic mass is 10.1. The van der Waals surface area contributed by atoms with Crippen LogP contribution in [0.15, 0.2) is 18.2 Å². The Balaban J connectivity index is 2.09. The Bertz CT molecular complexity index is 657. The van der Waals surface area contributed by atoms with Gasteiger partial charge in [-0.05, 0) is 41.8 Å². The fourth-order valence-electron chi connectivity index (χ4n) is 2.17. The van der Waals surface area contributed by atoms with E-state index in [4.69, 9.17) is 5.73 Å². The number of benzene rings is 1. The van der Waals surface area contributed by atoms with Crippen LogP contribution in [0.3, 0.4) is 0 Å². The average Bonchev–Trinajstić information content (AvgIpc) is 3.05. The van der Waals surface area contributed by atoms with Crippen LogP contribution in [0.2, 0.25) is 0 Å². The molecule has 1 aromatic carbocycles. The van der Waals surface area contributed by atoms with E-state index in [1.165, 1.54) is 0 Å². The van der Waals surface area contributed by atoms with Gasteiger partial charge in [0.15, 0.2) is 11.4 Å². The highest BCUT2D eigenvalue weighted by atomic mass is 19.4. The summed E-state index contributed by atoms with van der Waals surface area (Å²) in [6.07, 6.45) is -4.38. The molecule has 5 nitrogen and oxygen atoms in total. The average molecular weight is 283 g/mol. The first-order valence-corrected chi connectivity index (χ1v) is 6.07. The largest absolute Gasteiger partial charge is 0.413 e. The van der Waals surface area contributed by atoms with Crippen LogP contribution in [0.1, 0.15) is 18.4 Å². The van der Waals surface area contributed by atoms with E-state index in [1.807, 2.05) is 6.92 Å². The number of halogens is 3. The molecule has 1 aliphatic rings. The molecule has 2 aromatic rings. The van der Waals surface area contributed by atoms with Crippen LogP contribution in [-0.4, -0.2) is 26.4 Å². The topological polar surface area (TPSA) is 69.6 Å². The molecule has 3 rings (SSSR count). The smallest absolute Gasteiger partial charge is 0.398 e. The van der Waals surface area contributed by atoms with Gasteiger partial charge in [-0.2, -0.15) is 13.2 Å². The third-order valence-electron chi connectivity index (χ3n) is 3.66. The molecule has 0 aliphatic heterocycles. The van der Waals surface area contributed by atoms with Gasteiger partial charge in [0.05, 0.1) is 0 Å². The third kappa shape index (κ3) is 1.75. The molecule has 0 spiro atoms. The van der Waals surface area contributed by atoms with E-state index < -0.39 is 11.7 Å². The summed E-state index contributed by atoms with van der Waals surface area (Å²) in [5, 5.41) is 10.7. The molecule has 0 bridgehead atoms. The monoisotopic (exact) mass is 283 g/mol. The Morgan fingerprint density at radius 1 is 1.30 bits per heavy atom. The van der Waals surface area contributed by atoms with Crippen molar-refractivity contribution in [1.29, 1.82) is 0 Å². The molecule has 0 radical (unpaired) electrons. The maximum atomic E-state index is 13.2. The molecule has 1 fully saturated rings. The zero-order chi connectivity index (χ0) is 14.5. The second kappa shape index (κ2) is 3.94. The van der Waals surface area contributed by atoms with Crippen molar-refractivity contribution in [3.8, 4) is 11.4 Å². The van der Waals surface area contributed by atoms with Gasteiger partial charge in [-0.1, -0.05) is 12.1 Å². The van der Waals surface area contributed by atoms with Crippen LogP contribution < -0.4 is 5.73 Å². The Kier molecular flexibility index (Phi) is 2.54. The van der Waals surface area contributed by atoms with E-state index in [9.17, 15) is 13.2 Å². The molecular formula is C12H12F3N5. The number of rotatable bonds is 2. The second-order valence-electron chi connectivity index (χ2n) is 5.02. The second-order valence-corrected chi connectivity index (χ2v) is 5.02. The van der Waals surface area contributed by atoms with Crippen LogP contribution in [0.25, 0.3) is 11.4 Å². The van der Waals surface area contributed by atoms with E-state index >= 15 is 0 Å². The summed E-state index contributed by atoms with van der Waals surface area (Å²) in [7, 11) is 0. The van der Waals surface area contributed by atoms with Crippen molar-refractivity contribution < 1.29 is 13.2 Å². The SMILES string of the molecule is Cc1ccc(-c2nnnn2C2(C(F)(F)F)CC2)cc1N. The Morgan fingerprint density at radius 3 is 2.55 bits per heavy atom. The van der Waals surface area contributed by atoms with E-state index in [1.54, 1.807) is 18.2 Å². The van der Waals surface area contributed by atoms with Crippen LogP contribution in [0, 0.1) is 6.92 Å². The maximum Gasteiger partial charge on any atom is 0.413 e. The fourth-order valence-corrected chi connectivity index (χ4v) is 2.17. The summed E-state index contributed by atoms with van der Waals surface area (Å²) in [5.74, 6) is 0.0894. The summed E-state index contributed by atoms with van der Waals surface area (Å²) >= 11 is 0. The summed E-state index contributed by atoms with van der Waals surface area (Å²) in [6.45, 7) is 1.82. The van der Waals surface area contributed by atoms with Gasteiger partial charge in [-0.25, -0.2) is 4.68 Å². The zero-order valence-electron chi connectivity index (χ0n) is 10.6. The summed E-state index contributed by atoms with van der Waals surface area (Å²) in [4.78, 5) is 0. The van der Waals surface area contributed by atoms with Crippen molar-refractivity contribution >= 4 is 5.69 Å². The molecule has 106 valence electrons. The van der Waals surface area contributed by atoms with Crippen LogP contribution >= 0.6 is 0 Å². The first-order valence-electron chi connectivity index (χ1n) is 6.07. The summed E-state index contributed by atoms with van der Waals surface area (Å²) < 4.78 is 40.3. The fraction of sp³-hybridized carbons (Fsp3) is 0.417. The number of nitrogens with two attached hydrogens (primary N) is 1. The highest BCUT2D eigenvalue weighted by molar-refractivity contribution is 5.63. The predicted molar refractivity (Wildman–Crippen MR) is 65.7 cm³/mol. The van der Waals surface area contributed by atoms with Crippen LogP contribution in [0.5, 0.6) is 0 Å². The normalized spacial score (nSPS) is 17.2. The number of alkyl halides is 3. The third-order valence-corrected chi connectivity index (χ3v) is 3.66. The number of hydrogen-bond donors (Lipinski definition) is 1. The predicted octanol–water partition coefficient (Wildman–Crippen LogP) is 2.28. The van der Waals surface area contributed by atoms with Gasteiger partial charge in [0, 0.05) is 11.3 Å². The van der Waals surface area contributed by atoms with Crippen molar-refractivity contribution in [2.75, 3.05) is 5.73 Å². The van der Waals surface area contributed by atoms with Gasteiger partial charge in [0.1, 0.15) is 0 Å². The zero-order valence-corrected chi connectivity index (χ0v) is 10.6. The minimum Gasteiger partial charge on any atom is -0.398 e. The maximum absolute atomic E-state index is 13.2. The van der Waals surface area contributed by atoms with E-state index in [0.717, 1.165) is 10.2 Å². The number of hydrogen-bond acceptors (Lipinski definition) is 4. The number of tetrazole rings is 1. The lowest BCUT2D eigenvalue weighted by Gasteiger charge is -2.20. The molecular weight excluding hydrogens is 271 g/mol. The molecule has 1 aliphatic carbocycles. The standard InChI is InChI=1S/C12H12F3N5/c1-7-2-3-8(6-9(7)16)10-17-18-19-20(10)11(4-5-11)12(13,14)15/h2-3,6H,4-5,16H2,1H3. The lowest BCUT2D eigenvalue weighted by molar-refractivity contribution is -0.182. The van der Waals surface area contributed by atoms with Gasteiger partial charge in [0.2, 0.25) is 0 Å². The highest BCUT2D eigenvalue weighted by Crippen LogP contribution is 2.55. The van der Waals surface area contributed by atoms with Gasteiger partial charge >= 0.3 is 6.18 Å². The number of nitrogen functional groups attached to an aromatic ring is 1. The quantitative estimate of drug-likeness (QED) is 0.858. The minimum absolute atomic E-state index is 0.00408. The summed E-state index contributed by atoms with van der Waals surface area (Å²) in [5.41, 5.74) is 5.65. The van der Waals surface area contributed by atoms with Gasteiger partial charge < -0.3 is 5.73 Å². The first kappa shape index (κ1) is 12.9. The lowest BCUT2D eigenvalue weighted by Crippen LogP contribution is -2.36. The van der Waals surface area contributed by atoms with E-state index in [2.05, 4.69) is 15.5 Å². The van der Waals surface area contributed by atoms with Crippen molar-refractivity contribution in [2.45, 2.75) is 31.5 Å². The molecule has 1 aromatic heterocycles. The van der Waals surface area contributed by atoms with Crippen molar-refractivity contribution in [1.82, 2.24) is 20.2 Å². The van der Waals surface area contributed by atoms with Crippen LogP contribution in [-0.2, 0) is 5.54 Å². The number of nitrogens with zero attached hydrogens (tertiary/aromatic N) is 4. The van der Waals surface area contributed by atoms with E-state index in [-0.39, 0.29) is 18.7 Å². The molecule has 2 N–H and O–H groups in total. The number of aromatic nitrogens is 4. The van der Waals surface area contributed by atoms with Gasteiger partial charge in [-0.3, -0.25) is 0 Å². The molecule has 0 atom stereocenters. The molecule has 0 unspecified atom stereocenters. The number of aryl methyl sites for hydroxylation is 1. The molecule has 20 heavy (non-hydrogen) atoms.